The number of rotatable bonds is 5. The van der Waals surface area contributed by atoms with Crippen LogP contribution in [0.25, 0.3) is 5.65 Å². The lowest BCUT2D eigenvalue weighted by Crippen LogP contribution is -2.09. The van der Waals surface area contributed by atoms with Crippen LogP contribution in [-0.4, -0.2) is 20.6 Å². The summed E-state index contributed by atoms with van der Waals surface area (Å²) in [5.74, 6) is 0. The zero-order valence-corrected chi connectivity index (χ0v) is 14.5. The quantitative estimate of drug-likeness (QED) is 0.685. The third-order valence-corrected chi connectivity index (χ3v) is 4.44. The van der Waals surface area contributed by atoms with Gasteiger partial charge in [-0.05, 0) is 49.6 Å². The fraction of sp³-hybridized carbons (Fsp3) is 0.263. The van der Waals surface area contributed by atoms with Gasteiger partial charge in [-0.2, -0.15) is 0 Å². The molecule has 3 rings (SSSR count). The van der Waals surface area contributed by atoms with Gasteiger partial charge < -0.3 is 19.6 Å². The van der Waals surface area contributed by atoms with Crippen molar-refractivity contribution in [1.29, 1.82) is 0 Å². The first-order chi connectivity index (χ1) is 12.0. The molecule has 0 spiro atoms. The number of carboxylic acid groups (broad SMARTS) is 1. The second kappa shape index (κ2) is 6.84. The summed E-state index contributed by atoms with van der Waals surface area (Å²) in [5, 5.41) is 12.2. The van der Waals surface area contributed by atoms with Crippen LogP contribution in [-0.2, 0) is 17.9 Å². The SMILES string of the molecule is Cc1cccc(COC(=O)O)c1CNc1cccn2c(C)c(C)nc12. The summed E-state index contributed by atoms with van der Waals surface area (Å²) in [6.07, 6.45) is 0.726. The molecule has 6 heteroatoms. The maximum Gasteiger partial charge on any atom is 0.506 e. The lowest BCUT2D eigenvalue weighted by molar-refractivity contribution is 0.0851. The van der Waals surface area contributed by atoms with Crippen LogP contribution in [0.15, 0.2) is 36.5 Å². The molecule has 0 unspecified atom stereocenters. The van der Waals surface area contributed by atoms with Crippen molar-refractivity contribution in [3.63, 3.8) is 0 Å². The second-order valence-electron chi connectivity index (χ2n) is 6.02. The molecule has 0 aliphatic carbocycles. The Morgan fingerprint density at radius 3 is 2.80 bits per heavy atom. The van der Waals surface area contributed by atoms with Crippen LogP contribution in [0.2, 0.25) is 0 Å². The van der Waals surface area contributed by atoms with Gasteiger partial charge >= 0.3 is 6.16 Å². The van der Waals surface area contributed by atoms with Crippen molar-refractivity contribution in [3.8, 4) is 0 Å². The van der Waals surface area contributed by atoms with E-state index >= 15 is 0 Å². The zero-order chi connectivity index (χ0) is 18.0. The zero-order valence-electron chi connectivity index (χ0n) is 14.5. The Morgan fingerprint density at radius 1 is 1.24 bits per heavy atom. The van der Waals surface area contributed by atoms with Crippen LogP contribution in [0, 0.1) is 20.8 Å². The van der Waals surface area contributed by atoms with E-state index in [0.29, 0.717) is 6.54 Å². The predicted molar refractivity (Wildman–Crippen MR) is 96.0 cm³/mol. The molecule has 0 amide bonds. The van der Waals surface area contributed by atoms with Gasteiger partial charge in [0.1, 0.15) is 6.61 Å². The lowest BCUT2D eigenvalue weighted by atomic mass is 10.0. The molecule has 6 nitrogen and oxygen atoms in total. The van der Waals surface area contributed by atoms with Crippen LogP contribution in [0.5, 0.6) is 0 Å². The molecule has 0 aliphatic rings. The standard InChI is InChI=1S/C19H21N3O3/c1-12-6-4-7-15(11-25-19(23)24)16(12)10-20-17-8-5-9-22-14(3)13(2)21-18(17)22/h4-9,20H,10-11H2,1-3H3,(H,23,24). The first kappa shape index (κ1) is 16.8. The monoisotopic (exact) mass is 339 g/mol. The van der Waals surface area contributed by atoms with E-state index in [4.69, 9.17) is 9.84 Å². The second-order valence-corrected chi connectivity index (χ2v) is 6.02. The maximum atomic E-state index is 10.7. The third-order valence-electron chi connectivity index (χ3n) is 4.44. The Bertz CT molecular complexity index is 931. The summed E-state index contributed by atoms with van der Waals surface area (Å²) in [5.41, 5.74) is 6.91. The average Bonchev–Trinajstić information content (AvgIpc) is 2.87. The Morgan fingerprint density at radius 2 is 2.04 bits per heavy atom. The summed E-state index contributed by atoms with van der Waals surface area (Å²) in [7, 11) is 0. The van der Waals surface area contributed by atoms with Crippen molar-refractivity contribution in [1.82, 2.24) is 9.38 Å². The summed E-state index contributed by atoms with van der Waals surface area (Å²) in [4.78, 5) is 15.3. The smallest absolute Gasteiger partial charge is 0.450 e. The van der Waals surface area contributed by atoms with Crippen LogP contribution < -0.4 is 5.32 Å². The average molecular weight is 339 g/mol. The number of aryl methyl sites for hydroxylation is 3. The minimum atomic E-state index is -1.27. The molecule has 0 bridgehead atoms. The number of fused-ring (bicyclic) bond motifs is 1. The van der Waals surface area contributed by atoms with Gasteiger partial charge in [-0.1, -0.05) is 18.2 Å². The van der Waals surface area contributed by atoms with Crippen molar-refractivity contribution >= 4 is 17.5 Å². The number of pyridine rings is 1. The van der Waals surface area contributed by atoms with Crippen LogP contribution in [0.1, 0.15) is 28.1 Å². The summed E-state index contributed by atoms with van der Waals surface area (Å²) >= 11 is 0. The number of nitrogens with zero attached hydrogens (tertiary/aromatic N) is 2. The predicted octanol–water partition coefficient (Wildman–Crippen LogP) is 4.07. The fourth-order valence-corrected chi connectivity index (χ4v) is 2.91. The number of imidazole rings is 1. The van der Waals surface area contributed by atoms with Crippen molar-refractivity contribution in [2.75, 3.05) is 5.32 Å². The largest absolute Gasteiger partial charge is 0.506 e. The van der Waals surface area contributed by atoms with Gasteiger partial charge in [0.15, 0.2) is 5.65 Å². The number of nitrogens with one attached hydrogen (secondary N) is 1. The van der Waals surface area contributed by atoms with E-state index in [2.05, 4.69) is 14.7 Å². The van der Waals surface area contributed by atoms with Crippen molar-refractivity contribution < 1.29 is 14.6 Å². The highest BCUT2D eigenvalue weighted by Gasteiger charge is 2.11. The highest BCUT2D eigenvalue weighted by atomic mass is 16.7. The molecular weight excluding hydrogens is 318 g/mol. The fourth-order valence-electron chi connectivity index (χ4n) is 2.91. The van der Waals surface area contributed by atoms with Crippen molar-refractivity contribution in [2.24, 2.45) is 0 Å². The van der Waals surface area contributed by atoms with E-state index < -0.39 is 6.16 Å². The highest BCUT2D eigenvalue weighted by Crippen LogP contribution is 2.22. The summed E-state index contributed by atoms with van der Waals surface area (Å²) < 4.78 is 6.80. The van der Waals surface area contributed by atoms with E-state index in [9.17, 15) is 4.79 Å². The van der Waals surface area contributed by atoms with Gasteiger partial charge in [0, 0.05) is 18.4 Å². The molecule has 1 aromatic carbocycles. The van der Waals surface area contributed by atoms with E-state index in [1.807, 2.05) is 57.3 Å². The Balaban J connectivity index is 1.87. The van der Waals surface area contributed by atoms with Gasteiger partial charge in [0.05, 0.1) is 11.4 Å². The Kier molecular flexibility index (Phi) is 4.61. The van der Waals surface area contributed by atoms with E-state index in [1.54, 1.807) is 0 Å². The molecule has 0 aliphatic heterocycles. The minimum Gasteiger partial charge on any atom is -0.450 e. The maximum absolute atomic E-state index is 10.7. The van der Waals surface area contributed by atoms with Gasteiger partial charge in [-0.25, -0.2) is 9.78 Å². The third kappa shape index (κ3) is 3.42. The molecule has 0 atom stereocenters. The van der Waals surface area contributed by atoms with Gasteiger partial charge in [0.2, 0.25) is 0 Å². The number of hydrogen-bond donors (Lipinski definition) is 2. The molecule has 0 saturated heterocycles. The molecule has 25 heavy (non-hydrogen) atoms. The normalized spacial score (nSPS) is 10.8. The molecular formula is C19H21N3O3. The first-order valence-corrected chi connectivity index (χ1v) is 8.08. The Hall–Kier alpha value is -3.02. The van der Waals surface area contributed by atoms with Gasteiger partial charge in [-0.15, -0.1) is 0 Å². The summed E-state index contributed by atoms with van der Waals surface area (Å²) in [6.45, 7) is 6.65. The highest BCUT2D eigenvalue weighted by molar-refractivity contribution is 5.68. The summed E-state index contributed by atoms with van der Waals surface area (Å²) in [6, 6.07) is 9.77. The van der Waals surface area contributed by atoms with E-state index in [0.717, 1.165) is 39.4 Å². The van der Waals surface area contributed by atoms with E-state index in [1.165, 1.54) is 0 Å². The van der Waals surface area contributed by atoms with Crippen molar-refractivity contribution in [2.45, 2.75) is 33.9 Å². The number of ether oxygens (including phenoxy) is 1. The number of anilines is 1. The molecule has 2 N–H and O–H groups in total. The first-order valence-electron chi connectivity index (χ1n) is 8.08. The molecule has 0 radical (unpaired) electrons. The number of benzene rings is 1. The molecule has 2 heterocycles. The molecule has 2 aromatic heterocycles. The van der Waals surface area contributed by atoms with Crippen LogP contribution in [0.4, 0.5) is 10.5 Å². The Labute approximate surface area is 146 Å². The molecule has 0 saturated carbocycles. The number of carbonyl (C=O) groups is 1. The van der Waals surface area contributed by atoms with Crippen LogP contribution >= 0.6 is 0 Å². The van der Waals surface area contributed by atoms with Gasteiger partial charge in [0.25, 0.3) is 0 Å². The lowest BCUT2D eigenvalue weighted by Gasteiger charge is -2.14. The van der Waals surface area contributed by atoms with Crippen molar-refractivity contribution in [3.05, 3.63) is 64.6 Å². The molecule has 3 aromatic rings. The number of hydrogen-bond acceptors (Lipinski definition) is 4. The topological polar surface area (TPSA) is 75.9 Å². The van der Waals surface area contributed by atoms with Gasteiger partial charge in [-0.3, -0.25) is 0 Å². The van der Waals surface area contributed by atoms with E-state index in [-0.39, 0.29) is 6.61 Å². The van der Waals surface area contributed by atoms with Crippen LogP contribution in [0.3, 0.4) is 0 Å². The number of aromatic nitrogens is 2. The molecule has 130 valence electrons. The molecule has 0 fully saturated rings. The minimum absolute atomic E-state index is 0.0415.